The van der Waals surface area contributed by atoms with E-state index in [0.29, 0.717) is 61.3 Å². The zero-order chi connectivity index (χ0) is 29.6. The zero-order valence-electron chi connectivity index (χ0n) is 23.5. The number of nitrogens with zero attached hydrogens (tertiary/aromatic N) is 3. The number of aromatic hydroxyl groups is 1. The molecule has 0 aliphatic carbocycles. The smallest absolute Gasteiger partial charge is 0.251 e. The predicted octanol–water partition coefficient (Wildman–Crippen LogP) is 3.91. The number of benzene rings is 3. The highest BCUT2D eigenvalue weighted by Gasteiger charge is 2.21. The Hall–Kier alpha value is -5.10. The van der Waals surface area contributed by atoms with Crippen LogP contribution in [0.3, 0.4) is 0 Å². The molecule has 3 N–H and O–H groups in total. The van der Waals surface area contributed by atoms with Gasteiger partial charge in [0.1, 0.15) is 18.4 Å². The quantitative estimate of drug-likeness (QED) is 0.341. The summed E-state index contributed by atoms with van der Waals surface area (Å²) in [4.78, 5) is 40.9. The first-order valence-electron chi connectivity index (χ1n) is 14.1. The minimum Gasteiger partial charge on any atom is -0.507 e. The Morgan fingerprint density at radius 3 is 2.62 bits per heavy atom. The second-order valence-corrected chi connectivity index (χ2v) is 10.5. The molecule has 0 saturated heterocycles. The molecule has 4 aromatic rings. The van der Waals surface area contributed by atoms with Gasteiger partial charge in [-0.05, 0) is 67.6 Å². The Bertz CT molecular complexity index is 1700. The van der Waals surface area contributed by atoms with Gasteiger partial charge in [0.15, 0.2) is 0 Å². The van der Waals surface area contributed by atoms with Crippen molar-refractivity contribution in [1.29, 1.82) is 5.26 Å². The molecule has 0 atom stereocenters. The number of para-hydroxylation sites is 1. The van der Waals surface area contributed by atoms with Gasteiger partial charge in [-0.25, -0.2) is 0 Å². The van der Waals surface area contributed by atoms with Crippen LogP contribution in [0.15, 0.2) is 66.7 Å². The van der Waals surface area contributed by atoms with Gasteiger partial charge < -0.3 is 25.2 Å². The molecule has 9 nitrogen and oxygen atoms in total. The van der Waals surface area contributed by atoms with Gasteiger partial charge in [-0.3, -0.25) is 14.4 Å². The predicted molar refractivity (Wildman–Crippen MR) is 160 cm³/mol. The molecule has 0 unspecified atom stereocenters. The van der Waals surface area contributed by atoms with Gasteiger partial charge in [0.05, 0.1) is 17.6 Å². The van der Waals surface area contributed by atoms with Gasteiger partial charge in [-0.2, -0.15) is 5.26 Å². The molecule has 0 spiro atoms. The summed E-state index contributed by atoms with van der Waals surface area (Å²) in [6.45, 7) is 2.85. The number of carbonyl (C=O) groups excluding carboxylic acids is 3. The summed E-state index contributed by atoms with van der Waals surface area (Å²) in [6.07, 6.45) is 1.73. The van der Waals surface area contributed by atoms with E-state index >= 15 is 0 Å². The van der Waals surface area contributed by atoms with Crippen molar-refractivity contribution in [3.8, 4) is 22.9 Å². The Labute approximate surface area is 244 Å². The van der Waals surface area contributed by atoms with Crippen LogP contribution in [0.2, 0.25) is 0 Å². The lowest BCUT2D eigenvalue weighted by Gasteiger charge is -2.23. The monoisotopic (exact) mass is 563 g/mol. The van der Waals surface area contributed by atoms with Crippen molar-refractivity contribution in [2.45, 2.75) is 32.7 Å². The van der Waals surface area contributed by atoms with Gasteiger partial charge in [0.25, 0.3) is 5.91 Å². The van der Waals surface area contributed by atoms with E-state index in [4.69, 9.17) is 0 Å². The third-order valence-corrected chi connectivity index (χ3v) is 7.70. The first-order valence-corrected chi connectivity index (χ1v) is 14.1. The summed E-state index contributed by atoms with van der Waals surface area (Å²) in [5, 5.41) is 26.8. The van der Waals surface area contributed by atoms with Crippen LogP contribution >= 0.6 is 0 Å². The van der Waals surface area contributed by atoms with Gasteiger partial charge in [-0.1, -0.05) is 36.4 Å². The molecular formula is C33H33N5O4. The van der Waals surface area contributed by atoms with E-state index in [0.717, 1.165) is 22.0 Å². The van der Waals surface area contributed by atoms with Gasteiger partial charge in [-0.15, -0.1) is 0 Å². The highest BCUT2D eigenvalue weighted by Crippen LogP contribution is 2.31. The number of hydrogen-bond donors (Lipinski definition) is 3. The van der Waals surface area contributed by atoms with Gasteiger partial charge in [0, 0.05) is 41.8 Å². The van der Waals surface area contributed by atoms with Gasteiger partial charge in [0.2, 0.25) is 11.8 Å². The van der Waals surface area contributed by atoms with E-state index in [-0.39, 0.29) is 36.6 Å². The van der Waals surface area contributed by atoms with Crippen LogP contribution in [0.25, 0.3) is 22.0 Å². The summed E-state index contributed by atoms with van der Waals surface area (Å²) in [5.41, 5.74) is 4.79. The summed E-state index contributed by atoms with van der Waals surface area (Å²) in [5.74, 6) is -0.603. The number of fused-ring (bicyclic) bond motifs is 6. The number of phenolic OH excluding ortho intramolecular Hbond substituents is 1. The lowest BCUT2D eigenvalue weighted by atomic mass is 9.98. The normalized spacial score (nSPS) is 14.8. The minimum absolute atomic E-state index is 0.00463. The van der Waals surface area contributed by atoms with Crippen molar-refractivity contribution in [2.75, 3.05) is 26.2 Å². The van der Waals surface area contributed by atoms with E-state index in [1.54, 1.807) is 35.2 Å². The first kappa shape index (κ1) is 28.4. The van der Waals surface area contributed by atoms with Crippen LogP contribution in [0.4, 0.5) is 0 Å². The highest BCUT2D eigenvalue weighted by molar-refractivity contribution is 5.95. The van der Waals surface area contributed by atoms with Gasteiger partial charge >= 0.3 is 0 Å². The first-order chi connectivity index (χ1) is 20.4. The number of carbonyl (C=O) groups is 3. The van der Waals surface area contributed by atoms with Crippen LogP contribution < -0.4 is 10.6 Å². The fraction of sp³-hybridized carbons (Fsp3) is 0.273. The molecule has 2 heterocycles. The maximum atomic E-state index is 13.6. The molecule has 0 radical (unpaired) electrons. The molecule has 42 heavy (non-hydrogen) atoms. The maximum absolute atomic E-state index is 13.6. The molecule has 3 aromatic carbocycles. The molecule has 214 valence electrons. The maximum Gasteiger partial charge on any atom is 0.251 e. The Morgan fingerprint density at radius 2 is 1.79 bits per heavy atom. The fourth-order valence-electron chi connectivity index (χ4n) is 5.41. The SMILES string of the molecule is Cc1c(C#N)c2ccccc2n1CC(=O)N1CCCCNC(=O)c2cccc(c2)-c2cc(ccc2O)CCNC(=O)C1. The van der Waals surface area contributed by atoms with Crippen molar-refractivity contribution in [1.82, 2.24) is 20.1 Å². The van der Waals surface area contributed by atoms with E-state index in [1.165, 1.54) is 0 Å². The summed E-state index contributed by atoms with van der Waals surface area (Å²) >= 11 is 0. The second kappa shape index (κ2) is 12.6. The number of nitrogens with one attached hydrogen (secondary N) is 2. The van der Waals surface area contributed by atoms with E-state index < -0.39 is 0 Å². The van der Waals surface area contributed by atoms with Crippen LogP contribution in [0, 0.1) is 18.3 Å². The Kier molecular flexibility index (Phi) is 8.53. The molecule has 4 bridgehead atoms. The highest BCUT2D eigenvalue weighted by atomic mass is 16.3. The second-order valence-electron chi connectivity index (χ2n) is 10.5. The van der Waals surface area contributed by atoms with Crippen molar-refractivity contribution in [3.63, 3.8) is 0 Å². The number of phenols is 1. The average molecular weight is 564 g/mol. The summed E-state index contributed by atoms with van der Waals surface area (Å²) in [6, 6.07) is 22.1. The van der Waals surface area contributed by atoms with Crippen LogP contribution in [-0.4, -0.2) is 58.5 Å². The largest absolute Gasteiger partial charge is 0.507 e. The fourth-order valence-corrected chi connectivity index (χ4v) is 5.41. The Morgan fingerprint density at radius 1 is 0.976 bits per heavy atom. The molecule has 0 saturated carbocycles. The number of nitriles is 1. The molecule has 1 aromatic heterocycles. The molecule has 5 rings (SSSR count). The lowest BCUT2D eigenvalue weighted by Crippen LogP contribution is -2.43. The third-order valence-electron chi connectivity index (χ3n) is 7.70. The summed E-state index contributed by atoms with van der Waals surface area (Å²) in [7, 11) is 0. The van der Waals surface area contributed by atoms with Crippen molar-refractivity contribution in [3.05, 3.63) is 89.1 Å². The molecule has 0 fully saturated rings. The van der Waals surface area contributed by atoms with Crippen molar-refractivity contribution < 1.29 is 19.5 Å². The molecule has 3 amide bonds. The van der Waals surface area contributed by atoms with Crippen LogP contribution in [0.5, 0.6) is 5.75 Å². The summed E-state index contributed by atoms with van der Waals surface area (Å²) < 4.78 is 1.83. The lowest BCUT2D eigenvalue weighted by molar-refractivity contribution is -0.136. The van der Waals surface area contributed by atoms with E-state index in [1.807, 2.05) is 47.9 Å². The average Bonchev–Trinajstić information content (AvgIpc) is 3.26. The molecular weight excluding hydrogens is 530 g/mol. The standard InChI is InChI=1S/C33H33N5O4/c1-22-28(19-34)26-9-2-3-10-29(26)38(22)21-32(41)37-16-5-4-14-36-33(42)25-8-6-7-24(18-25)27-17-23(11-12-30(27)39)13-15-35-31(40)20-37/h2-3,6-12,17-18,39H,4-5,13-16,20-21H2,1H3,(H,35,40)(H,36,42). The minimum atomic E-state index is -0.267. The number of rotatable bonds is 2. The molecule has 9 heteroatoms. The number of aromatic nitrogens is 1. The van der Waals surface area contributed by atoms with Crippen molar-refractivity contribution in [2.24, 2.45) is 0 Å². The van der Waals surface area contributed by atoms with Crippen LogP contribution in [0.1, 0.15) is 40.0 Å². The van der Waals surface area contributed by atoms with E-state index in [2.05, 4.69) is 16.7 Å². The molecule has 1 aliphatic heterocycles. The van der Waals surface area contributed by atoms with E-state index in [9.17, 15) is 24.8 Å². The zero-order valence-corrected chi connectivity index (χ0v) is 23.5. The van der Waals surface area contributed by atoms with Crippen LogP contribution in [-0.2, 0) is 22.6 Å². The Balaban J connectivity index is 1.36. The number of hydrogen-bond acceptors (Lipinski definition) is 5. The van der Waals surface area contributed by atoms with Crippen molar-refractivity contribution >= 4 is 28.6 Å². The number of amides is 3. The molecule has 1 aliphatic rings. The topological polar surface area (TPSA) is 127 Å². The third kappa shape index (κ3) is 6.13.